The van der Waals surface area contributed by atoms with Crippen LogP contribution in [0.3, 0.4) is 0 Å². The molecule has 1 aromatic heterocycles. The van der Waals surface area contributed by atoms with E-state index in [4.69, 9.17) is 0 Å². The fourth-order valence-electron chi connectivity index (χ4n) is 3.53. The molecule has 1 aromatic carbocycles. The minimum absolute atomic E-state index is 0.0894. The molecule has 1 amide bonds. The summed E-state index contributed by atoms with van der Waals surface area (Å²) in [5.41, 5.74) is 3.37. The molecule has 0 spiro atoms. The van der Waals surface area contributed by atoms with Crippen molar-refractivity contribution in [3.05, 3.63) is 30.1 Å². The third kappa shape index (κ3) is 8.81. The van der Waals surface area contributed by atoms with E-state index in [0.29, 0.717) is 6.42 Å². The monoisotopic (exact) mass is 383 g/mol. The van der Waals surface area contributed by atoms with Gasteiger partial charge in [-0.2, -0.15) is 0 Å². The van der Waals surface area contributed by atoms with Crippen molar-refractivity contribution in [2.75, 3.05) is 5.32 Å². The van der Waals surface area contributed by atoms with E-state index in [0.717, 1.165) is 35.3 Å². The topological polar surface area (TPSA) is 54.9 Å². The van der Waals surface area contributed by atoms with Crippen molar-refractivity contribution in [1.82, 2.24) is 9.97 Å². The van der Waals surface area contributed by atoms with Gasteiger partial charge >= 0.3 is 0 Å². The van der Waals surface area contributed by atoms with Crippen molar-refractivity contribution in [2.24, 2.45) is 0 Å². The van der Waals surface area contributed by atoms with Gasteiger partial charge in [0.1, 0.15) is 0 Å². The van der Waals surface area contributed by atoms with Gasteiger partial charge in [0.15, 0.2) is 0 Å². The van der Waals surface area contributed by atoms with Gasteiger partial charge in [0.05, 0.1) is 16.7 Å². The van der Waals surface area contributed by atoms with Crippen molar-refractivity contribution in [1.29, 1.82) is 0 Å². The zero-order valence-corrected chi connectivity index (χ0v) is 17.8. The molecule has 28 heavy (non-hydrogen) atoms. The normalized spacial score (nSPS) is 11.1. The molecule has 0 unspecified atom stereocenters. The van der Waals surface area contributed by atoms with Crippen molar-refractivity contribution in [3.63, 3.8) is 0 Å². The molecule has 0 bridgehead atoms. The first-order chi connectivity index (χ1) is 13.7. The second-order valence-corrected chi connectivity index (χ2v) is 7.90. The SMILES string of the molecule is CCCCCCCCCCCCCCC(=O)Nc1ccc2nc(C)cnc2c1. The Hall–Kier alpha value is -1.97. The highest BCUT2D eigenvalue weighted by Crippen LogP contribution is 2.17. The molecule has 4 nitrogen and oxygen atoms in total. The zero-order valence-electron chi connectivity index (χ0n) is 17.8. The number of nitrogens with one attached hydrogen (secondary N) is 1. The lowest BCUT2D eigenvalue weighted by atomic mass is 10.0. The number of aromatic nitrogens is 2. The molecule has 1 heterocycles. The molecule has 2 rings (SSSR count). The van der Waals surface area contributed by atoms with E-state index in [2.05, 4.69) is 22.2 Å². The molecule has 0 aliphatic rings. The maximum Gasteiger partial charge on any atom is 0.224 e. The molecule has 1 N–H and O–H groups in total. The molecule has 0 atom stereocenters. The molecule has 0 radical (unpaired) electrons. The van der Waals surface area contributed by atoms with Crippen LogP contribution in [0.15, 0.2) is 24.4 Å². The maximum absolute atomic E-state index is 12.1. The average molecular weight is 384 g/mol. The van der Waals surface area contributed by atoms with E-state index in [1.165, 1.54) is 64.2 Å². The molecule has 2 aromatic rings. The summed E-state index contributed by atoms with van der Waals surface area (Å²) in [6.45, 7) is 4.19. The second-order valence-electron chi connectivity index (χ2n) is 7.90. The Morgan fingerprint density at radius 3 is 2.11 bits per heavy atom. The Kier molecular flexibility index (Phi) is 10.6. The van der Waals surface area contributed by atoms with Crippen molar-refractivity contribution in [2.45, 2.75) is 97.3 Å². The largest absolute Gasteiger partial charge is 0.326 e. The van der Waals surface area contributed by atoms with E-state index in [-0.39, 0.29) is 5.91 Å². The zero-order chi connectivity index (χ0) is 20.0. The molecular formula is C24H37N3O. The fourth-order valence-corrected chi connectivity index (χ4v) is 3.53. The lowest BCUT2D eigenvalue weighted by molar-refractivity contribution is -0.116. The third-order valence-corrected chi connectivity index (χ3v) is 5.20. The second kappa shape index (κ2) is 13.2. The van der Waals surface area contributed by atoms with Crippen LogP contribution in [0.2, 0.25) is 0 Å². The number of hydrogen-bond acceptors (Lipinski definition) is 3. The van der Waals surface area contributed by atoms with Gasteiger partial charge in [-0.1, -0.05) is 77.6 Å². The van der Waals surface area contributed by atoms with Crippen LogP contribution < -0.4 is 5.32 Å². The molecule has 0 saturated heterocycles. The van der Waals surface area contributed by atoms with Gasteiger partial charge in [0.2, 0.25) is 5.91 Å². The third-order valence-electron chi connectivity index (χ3n) is 5.20. The number of unbranched alkanes of at least 4 members (excludes halogenated alkanes) is 11. The number of amides is 1. The number of rotatable bonds is 14. The van der Waals surface area contributed by atoms with Crippen molar-refractivity contribution >= 4 is 22.6 Å². The summed E-state index contributed by atoms with van der Waals surface area (Å²) in [5.74, 6) is 0.0894. The van der Waals surface area contributed by atoms with E-state index in [1.54, 1.807) is 6.20 Å². The van der Waals surface area contributed by atoms with Crippen LogP contribution in [0.4, 0.5) is 5.69 Å². The highest BCUT2D eigenvalue weighted by Gasteiger charge is 2.04. The van der Waals surface area contributed by atoms with Crippen molar-refractivity contribution < 1.29 is 4.79 Å². The fraction of sp³-hybridized carbons (Fsp3) is 0.625. The van der Waals surface area contributed by atoms with Gasteiger partial charge in [-0.3, -0.25) is 9.78 Å². The van der Waals surface area contributed by atoms with E-state index in [9.17, 15) is 4.79 Å². The molecule has 0 aliphatic heterocycles. The maximum atomic E-state index is 12.1. The summed E-state index contributed by atoms with van der Waals surface area (Å²) in [6, 6.07) is 5.70. The summed E-state index contributed by atoms with van der Waals surface area (Å²) in [6.07, 6.45) is 18.1. The first kappa shape index (κ1) is 22.3. The number of nitrogens with zero attached hydrogens (tertiary/aromatic N) is 2. The van der Waals surface area contributed by atoms with Crippen LogP contribution in [0.25, 0.3) is 11.0 Å². The summed E-state index contributed by atoms with van der Waals surface area (Å²) in [7, 11) is 0. The Balaban J connectivity index is 1.51. The lowest BCUT2D eigenvalue weighted by Crippen LogP contribution is -2.11. The number of carbonyl (C=O) groups excluding carboxylic acids is 1. The first-order valence-electron chi connectivity index (χ1n) is 11.2. The smallest absolute Gasteiger partial charge is 0.224 e. The highest BCUT2D eigenvalue weighted by molar-refractivity contribution is 5.92. The van der Waals surface area contributed by atoms with Gasteiger partial charge < -0.3 is 5.32 Å². The van der Waals surface area contributed by atoms with Gasteiger partial charge in [-0.15, -0.1) is 0 Å². The van der Waals surface area contributed by atoms with Crippen LogP contribution in [-0.2, 0) is 4.79 Å². The van der Waals surface area contributed by atoms with Gasteiger partial charge in [-0.25, -0.2) is 4.98 Å². The molecule has 154 valence electrons. The summed E-state index contributed by atoms with van der Waals surface area (Å²) >= 11 is 0. The summed E-state index contributed by atoms with van der Waals surface area (Å²) < 4.78 is 0. The van der Waals surface area contributed by atoms with E-state index in [1.807, 2.05) is 25.1 Å². The Morgan fingerprint density at radius 2 is 1.46 bits per heavy atom. The predicted molar refractivity (Wildman–Crippen MR) is 119 cm³/mol. The van der Waals surface area contributed by atoms with Gasteiger partial charge in [0.25, 0.3) is 0 Å². The van der Waals surface area contributed by atoms with Crippen LogP contribution in [0.1, 0.15) is 96.1 Å². The predicted octanol–water partition coefficient (Wildman–Crippen LogP) is 6.97. The molecule has 0 fully saturated rings. The summed E-state index contributed by atoms with van der Waals surface area (Å²) in [4.78, 5) is 20.9. The van der Waals surface area contributed by atoms with Gasteiger partial charge in [-0.05, 0) is 31.5 Å². The van der Waals surface area contributed by atoms with Crippen LogP contribution in [-0.4, -0.2) is 15.9 Å². The number of aryl methyl sites for hydroxylation is 1. The van der Waals surface area contributed by atoms with Crippen LogP contribution in [0, 0.1) is 6.92 Å². The number of fused-ring (bicyclic) bond motifs is 1. The van der Waals surface area contributed by atoms with Gasteiger partial charge in [0, 0.05) is 18.3 Å². The Morgan fingerprint density at radius 1 is 0.857 bits per heavy atom. The first-order valence-corrected chi connectivity index (χ1v) is 11.2. The standard InChI is InChI=1S/C24H37N3O/c1-3-4-5-6-7-8-9-10-11-12-13-14-15-24(28)27-21-16-17-22-23(18-21)25-19-20(2)26-22/h16-19H,3-15H2,1-2H3,(H,27,28). The van der Waals surface area contributed by atoms with E-state index < -0.39 is 0 Å². The number of anilines is 1. The van der Waals surface area contributed by atoms with Crippen LogP contribution >= 0.6 is 0 Å². The van der Waals surface area contributed by atoms with Crippen molar-refractivity contribution in [3.8, 4) is 0 Å². The molecular weight excluding hydrogens is 346 g/mol. The Bertz CT molecular complexity index is 714. The lowest BCUT2D eigenvalue weighted by Gasteiger charge is -2.07. The molecule has 0 aliphatic carbocycles. The Labute approximate surface area is 170 Å². The van der Waals surface area contributed by atoms with E-state index >= 15 is 0 Å². The molecule has 4 heteroatoms. The number of carbonyl (C=O) groups is 1. The number of hydrogen-bond donors (Lipinski definition) is 1. The minimum Gasteiger partial charge on any atom is -0.326 e. The number of benzene rings is 1. The summed E-state index contributed by atoms with van der Waals surface area (Å²) in [5, 5.41) is 2.98. The minimum atomic E-state index is 0.0894. The van der Waals surface area contributed by atoms with Crippen LogP contribution in [0.5, 0.6) is 0 Å². The average Bonchev–Trinajstić information content (AvgIpc) is 2.69. The highest BCUT2D eigenvalue weighted by atomic mass is 16.1. The quantitative estimate of drug-likeness (QED) is 0.358. The molecule has 0 saturated carbocycles.